The number of aromatic nitrogens is 2. The molecule has 4 nitrogen and oxygen atoms in total. The Bertz CT molecular complexity index is 626. The molecule has 2 aromatic rings. The summed E-state index contributed by atoms with van der Waals surface area (Å²) in [7, 11) is 0. The Morgan fingerprint density at radius 3 is 2.80 bits per heavy atom. The maximum Gasteiger partial charge on any atom is 0.276 e. The summed E-state index contributed by atoms with van der Waals surface area (Å²) >= 11 is 0. The third-order valence-corrected chi connectivity index (χ3v) is 3.58. The minimum Gasteiger partial charge on any atom is -1.00 e. The number of rotatable bonds is 3. The van der Waals surface area contributed by atoms with Gasteiger partial charge >= 0.3 is 0 Å². The molecular formula is C15H18BrN3O. The Balaban J connectivity index is 0.00000147. The molecule has 0 spiro atoms. The highest BCUT2D eigenvalue weighted by atomic mass is 79.9. The van der Waals surface area contributed by atoms with Gasteiger partial charge in [-0.1, -0.05) is 12.1 Å². The molecule has 106 valence electrons. The fourth-order valence-corrected chi connectivity index (χ4v) is 2.59. The molecule has 0 bridgehead atoms. The summed E-state index contributed by atoms with van der Waals surface area (Å²) in [6, 6.07) is 11.6. The first-order valence-corrected chi connectivity index (χ1v) is 6.73. The molecule has 2 aromatic heterocycles. The van der Waals surface area contributed by atoms with Gasteiger partial charge in [-0.3, -0.25) is 9.69 Å². The van der Waals surface area contributed by atoms with Gasteiger partial charge in [0.15, 0.2) is 0 Å². The zero-order chi connectivity index (χ0) is 13.1. The Labute approximate surface area is 129 Å². The van der Waals surface area contributed by atoms with Gasteiger partial charge in [-0.25, -0.2) is 4.57 Å². The molecule has 1 aliphatic heterocycles. The molecule has 0 amide bonds. The normalized spacial score (nSPS) is 13.5. The van der Waals surface area contributed by atoms with Crippen LogP contribution in [0, 0.1) is 0 Å². The van der Waals surface area contributed by atoms with Gasteiger partial charge in [-0.05, 0) is 12.1 Å². The number of pyridine rings is 2. The van der Waals surface area contributed by atoms with Gasteiger partial charge in [0.1, 0.15) is 6.54 Å². The van der Waals surface area contributed by atoms with E-state index < -0.39 is 0 Å². The molecule has 0 radical (unpaired) electrons. The molecule has 1 aliphatic rings. The summed E-state index contributed by atoms with van der Waals surface area (Å²) in [6.45, 7) is 3.74. The molecule has 0 N–H and O–H groups in total. The fourth-order valence-electron chi connectivity index (χ4n) is 2.59. The van der Waals surface area contributed by atoms with Crippen molar-refractivity contribution >= 4 is 5.82 Å². The lowest BCUT2D eigenvalue weighted by molar-refractivity contribution is -0.688. The van der Waals surface area contributed by atoms with Crippen LogP contribution in [0.15, 0.2) is 53.6 Å². The van der Waals surface area contributed by atoms with Crippen LogP contribution in [-0.2, 0) is 13.1 Å². The van der Waals surface area contributed by atoms with Gasteiger partial charge < -0.3 is 21.5 Å². The largest absolute Gasteiger partial charge is 1.00 e. The molecule has 3 rings (SSSR count). The van der Waals surface area contributed by atoms with Gasteiger partial charge in [-0.15, -0.1) is 0 Å². The summed E-state index contributed by atoms with van der Waals surface area (Å²) in [5.41, 5.74) is 0.0699. The lowest BCUT2D eigenvalue weighted by Crippen LogP contribution is -3.00. The standard InChI is InChI=1S/C15H18N3O.BrH/c19-15-7-2-4-9-18(15)13-12-17-11-5-10-16-8-3-1-6-14(16)17;/h1-4,6-9H,5,10-13H2;1H/q+1;/p-1. The molecule has 20 heavy (non-hydrogen) atoms. The molecule has 0 fully saturated rings. The number of fused-ring (bicyclic) bond motifs is 1. The van der Waals surface area contributed by atoms with Crippen molar-refractivity contribution in [2.45, 2.75) is 19.5 Å². The van der Waals surface area contributed by atoms with Crippen LogP contribution in [0.4, 0.5) is 5.82 Å². The van der Waals surface area contributed by atoms with Gasteiger partial charge in [0, 0.05) is 24.8 Å². The second-order valence-corrected chi connectivity index (χ2v) is 4.83. The third-order valence-electron chi connectivity index (χ3n) is 3.58. The zero-order valence-electron chi connectivity index (χ0n) is 11.3. The molecule has 3 heterocycles. The van der Waals surface area contributed by atoms with Crippen LogP contribution in [0.2, 0.25) is 0 Å². The van der Waals surface area contributed by atoms with E-state index in [4.69, 9.17) is 0 Å². The first kappa shape index (κ1) is 14.8. The maximum atomic E-state index is 11.7. The van der Waals surface area contributed by atoms with Crippen LogP contribution >= 0.6 is 0 Å². The average Bonchev–Trinajstić information content (AvgIpc) is 2.46. The minimum absolute atomic E-state index is 0. The van der Waals surface area contributed by atoms with Gasteiger partial charge in [0.25, 0.3) is 11.4 Å². The Morgan fingerprint density at radius 2 is 1.95 bits per heavy atom. The van der Waals surface area contributed by atoms with Crippen LogP contribution in [0.5, 0.6) is 0 Å². The second-order valence-electron chi connectivity index (χ2n) is 4.83. The van der Waals surface area contributed by atoms with E-state index in [9.17, 15) is 4.79 Å². The van der Waals surface area contributed by atoms with E-state index in [0.717, 1.165) is 32.6 Å². The van der Waals surface area contributed by atoms with E-state index >= 15 is 0 Å². The summed E-state index contributed by atoms with van der Waals surface area (Å²) < 4.78 is 4.04. The molecule has 0 aliphatic carbocycles. The molecule has 5 heteroatoms. The van der Waals surface area contributed by atoms with Crippen molar-refractivity contribution in [3.63, 3.8) is 0 Å². The minimum atomic E-state index is 0. The number of nitrogens with zero attached hydrogens (tertiary/aromatic N) is 3. The fraction of sp³-hybridized carbons (Fsp3) is 0.333. The van der Waals surface area contributed by atoms with Crippen LogP contribution < -0.4 is 32.0 Å². The van der Waals surface area contributed by atoms with Crippen LogP contribution in [-0.4, -0.2) is 17.7 Å². The Morgan fingerprint density at radius 1 is 1.10 bits per heavy atom. The number of aryl methyl sites for hydroxylation is 1. The lowest BCUT2D eigenvalue weighted by Gasteiger charge is -2.24. The molecular weight excluding hydrogens is 318 g/mol. The smallest absolute Gasteiger partial charge is 0.276 e. The number of hydrogen-bond acceptors (Lipinski definition) is 2. The molecule has 0 atom stereocenters. The average molecular weight is 336 g/mol. The quantitative estimate of drug-likeness (QED) is 0.610. The van der Waals surface area contributed by atoms with Crippen molar-refractivity contribution in [2.75, 3.05) is 18.0 Å². The van der Waals surface area contributed by atoms with Crippen molar-refractivity contribution in [3.05, 3.63) is 59.1 Å². The number of anilines is 1. The first-order valence-electron chi connectivity index (χ1n) is 6.73. The molecule has 0 unspecified atom stereocenters. The molecule has 0 aromatic carbocycles. The van der Waals surface area contributed by atoms with Gasteiger partial charge in [-0.2, -0.15) is 0 Å². The highest BCUT2D eigenvalue weighted by molar-refractivity contribution is 5.32. The predicted octanol–water partition coefficient (Wildman–Crippen LogP) is -1.95. The van der Waals surface area contributed by atoms with Gasteiger partial charge in [0.2, 0.25) is 0 Å². The van der Waals surface area contributed by atoms with E-state index in [0.29, 0.717) is 0 Å². The molecule has 0 saturated heterocycles. The maximum absolute atomic E-state index is 11.7. The van der Waals surface area contributed by atoms with Crippen LogP contribution in [0.1, 0.15) is 6.42 Å². The van der Waals surface area contributed by atoms with Crippen LogP contribution in [0.3, 0.4) is 0 Å². The second kappa shape index (κ2) is 6.70. The van der Waals surface area contributed by atoms with Crippen molar-refractivity contribution in [1.29, 1.82) is 0 Å². The third kappa shape index (κ3) is 3.10. The Hall–Kier alpha value is -1.62. The molecule has 0 saturated carbocycles. The van der Waals surface area contributed by atoms with Crippen molar-refractivity contribution in [1.82, 2.24) is 4.57 Å². The Kier molecular flexibility index (Phi) is 4.95. The van der Waals surface area contributed by atoms with Crippen molar-refractivity contribution in [2.24, 2.45) is 0 Å². The highest BCUT2D eigenvalue weighted by Crippen LogP contribution is 2.12. The van der Waals surface area contributed by atoms with Crippen LogP contribution in [0.25, 0.3) is 0 Å². The summed E-state index contributed by atoms with van der Waals surface area (Å²) in [6.07, 6.45) is 5.13. The van der Waals surface area contributed by atoms with E-state index in [2.05, 4.69) is 33.9 Å². The monoisotopic (exact) mass is 335 g/mol. The van der Waals surface area contributed by atoms with Crippen molar-refractivity contribution in [3.8, 4) is 0 Å². The summed E-state index contributed by atoms with van der Waals surface area (Å²) in [5, 5.41) is 0. The number of hydrogen-bond donors (Lipinski definition) is 0. The summed E-state index contributed by atoms with van der Waals surface area (Å²) in [4.78, 5) is 14.0. The predicted molar refractivity (Wildman–Crippen MR) is 74.2 cm³/mol. The zero-order valence-corrected chi connectivity index (χ0v) is 12.9. The first-order chi connectivity index (χ1) is 9.34. The lowest BCUT2D eigenvalue weighted by atomic mass is 10.2. The van der Waals surface area contributed by atoms with E-state index in [1.807, 2.05) is 12.3 Å². The summed E-state index contributed by atoms with van der Waals surface area (Å²) in [5.74, 6) is 1.25. The van der Waals surface area contributed by atoms with Crippen molar-refractivity contribution < 1.29 is 21.5 Å². The van der Waals surface area contributed by atoms with E-state index in [1.165, 1.54) is 5.82 Å². The van der Waals surface area contributed by atoms with E-state index in [1.54, 1.807) is 16.7 Å². The van der Waals surface area contributed by atoms with Gasteiger partial charge in [0.05, 0.1) is 25.8 Å². The number of halogens is 1. The highest BCUT2D eigenvalue weighted by Gasteiger charge is 2.23. The van der Waals surface area contributed by atoms with E-state index in [-0.39, 0.29) is 22.5 Å². The SMILES string of the molecule is O=c1ccccn1CCN1CCC[n+]2ccccc21.[Br-]. The topological polar surface area (TPSA) is 29.1 Å².